The highest BCUT2D eigenvalue weighted by molar-refractivity contribution is 5.89. The van der Waals surface area contributed by atoms with E-state index in [1.165, 1.54) is 30.6 Å². The lowest BCUT2D eigenvalue weighted by Crippen LogP contribution is -2.37. The molecule has 3 rings (SSSR count). The fourth-order valence-corrected chi connectivity index (χ4v) is 3.40. The van der Waals surface area contributed by atoms with Crippen molar-refractivity contribution in [1.29, 1.82) is 0 Å². The van der Waals surface area contributed by atoms with Gasteiger partial charge in [-0.1, -0.05) is 0 Å². The van der Waals surface area contributed by atoms with Gasteiger partial charge in [-0.2, -0.15) is 4.98 Å². The number of esters is 2. The Morgan fingerprint density at radius 3 is 2.48 bits per heavy atom. The number of benzene rings is 1. The van der Waals surface area contributed by atoms with Gasteiger partial charge in [-0.15, -0.1) is 0 Å². The molecule has 0 unspecified atom stereocenters. The second-order valence-corrected chi connectivity index (χ2v) is 7.11. The summed E-state index contributed by atoms with van der Waals surface area (Å²) >= 11 is 0. The molecule has 0 amide bonds. The minimum atomic E-state index is -0.614. The third-order valence-corrected chi connectivity index (χ3v) is 5.00. The van der Waals surface area contributed by atoms with Gasteiger partial charge in [-0.05, 0) is 44.0 Å². The van der Waals surface area contributed by atoms with Crippen LogP contribution in [0, 0.1) is 16.0 Å². The van der Waals surface area contributed by atoms with Crippen molar-refractivity contribution in [2.45, 2.75) is 19.8 Å². The van der Waals surface area contributed by atoms with Gasteiger partial charge in [0.15, 0.2) is 0 Å². The van der Waals surface area contributed by atoms with Gasteiger partial charge < -0.3 is 24.2 Å². The van der Waals surface area contributed by atoms with E-state index in [0.29, 0.717) is 32.5 Å². The van der Waals surface area contributed by atoms with E-state index in [9.17, 15) is 19.7 Å². The maximum absolute atomic E-state index is 12.0. The van der Waals surface area contributed by atoms with E-state index in [4.69, 9.17) is 19.3 Å². The number of carbonyl (C=O) groups excluding carboxylic acids is 2. The van der Waals surface area contributed by atoms with E-state index in [2.05, 4.69) is 9.97 Å². The third kappa shape index (κ3) is 5.92. The lowest BCUT2D eigenvalue weighted by Gasteiger charge is -2.31. The van der Waals surface area contributed by atoms with Crippen LogP contribution in [0.3, 0.4) is 0 Å². The molecule has 12 heteroatoms. The van der Waals surface area contributed by atoms with Crippen molar-refractivity contribution < 1.29 is 33.8 Å². The number of ether oxygens (including phenoxy) is 3. The quantitative estimate of drug-likeness (QED) is 0.332. The van der Waals surface area contributed by atoms with Crippen molar-refractivity contribution in [3.05, 3.63) is 46.3 Å². The highest BCUT2D eigenvalue weighted by Gasteiger charge is 2.33. The zero-order valence-electron chi connectivity index (χ0n) is 18.0. The molecule has 1 aromatic heterocycles. The number of hydrogen-bond acceptors (Lipinski definition) is 11. The summed E-state index contributed by atoms with van der Waals surface area (Å²) in [5.41, 5.74) is -0.156. The van der Waals surface area contributed by atoms with E-state index in [0.717, 1.165) is 0 Å². The average Bonchev–Trinajstić information content (AvgIpc) is 2.83. The molecule has 1 aliphatic rings. The van der Waals surface area contributed by atoms with E-state index >= 15 is 0 Å². The summed E-state index contributed by atoms with van der Waals surface area (Å²) in [5.74, 6) is -1.04. The molecule has 12 nitrogen and oxygen atoms in total. The Labute approximate surface area is 189 Å². The topological polar surface area (TPSA) is 154 Å². The third-order valence-electron chi connectivity index (χ3n) is 5.00. The molecule has 0 bridgehead atoms. The first-order valence-electron chi connectivity index (χ1n) is 10.4. The van der Waals surface area contributed by atoms with Gasteiger partial charge in [0.05, 0.1) is 29.6 Å². The van der Waals surface area contributed by atoms with Crippen LogP contribution in [0.4, 0.5) is 11.5 Å². The highest BCUT2D eigenvalue weighted by Crippen LogP contribution is 2.37. The Hall–Kier alpha value is -3.80. The normalized spacial score (nSPS) is 13.9. The van der Waals surface area contributed by atoms with Gasteiger partial charge >= 0.3 is 23.5 Å². The van der Waals surface area contributed by atoms with Crippen LogP contribution < -0.4 is 9.64 Å². The fraction of sp³-hybridized carbons (Fsp3) is 0.429. The SMILES string of the molecule is CCOC(=O)C1CCN(c2ncnc(Oc3ccc(C(=O)OCCO)cc3)c2[N+](=O)[O-])CC1. The summed E-state index contributed by atoms with van der Waals surface area (Å²) in [6, 6.07) is 5.77. The Bertz CT molecular complexity index is 990. The van der Waals surface area contributed by atoms with Crippen molar-refractivity contribution in [1.82, 2.24) is 9.97 Å². The van der Waals surface area contributed by atoms with Crippen molar-refractivity contribution in [2.24, 2.45) is 5.92 Å². The first-order chi connectivity index (χ1) is 15.9. The van der Waals surface area contributed by atoms with Gasteiger partial charge in [-0.25, -0.2) is 9.78 Å². The van der Waals surface area contributed by atoms with Crippen LogP contribution in [-0.2, 0) is 14.3 Å². The Morgan fingerprint density at radius 1 is 1.18 bits per heavy atom. The first kappa shape index (κ1) is 23.9. The van der Waals surface area contributed by atoms with Gasteiger partial charge in [0, 0.05) is 13.1 Å². The molecular weight excluding hydrogens is 436 g/mol. The predicted molar refractivity (Wildman–Crippen MR) is 114 cm³/mol. The minimum absolute atomic E-state index is 0.108. The molecule has 2 heterocycles. The second-order valence-electron chi connectivity index (χ2n) is 7.11. The number of piperidine rings is 1. The monoisotopic (exact) mass is 460 g/mol. The lowest BCUT2D eigenvalue weighted by molar-refractivity contribution is -0.385. The summed E-state index contributed by atoms with van der Waals surface area (Å²) < 4.78 is 15.5. The van der Waals surface area contributed by atoms with Gasteiger partial charge in [0.1, 0.15) is 18.7 Å². The number of carbonyl (C=O) groups is 2. The molecule has 0 spiro atoms. The molecule has 1 N–H and O–H groups in total. The Kier molecular flexibility index (Phi) is 8.08. The number of aromatic nitrogens is 2. The summed E-state index contributed by atoms with van der Waals surface area (Å²) in [6.07, 6.45) is 2.16. The van der Waals surface area contributed by atoms with E-state index in [1.54, 1.807) is 11.8 Å². The van der Waals surface area contributed by atoms with Crippen LogP contribution in [0.1, 0.15) is 30.1 Å². The number of rotatable bonds is 9. The van der Waals surface area contributed by atoms with Gasteiger partial charge in [0.25, 0.3) is 0 Å². The molecule has 1 fully saturated rings. The predicted octanol–water partition coefficient (Wildman–Crippen LogP) is 2.11. The van der Waals surface area contributed by atoms with Crippen LogP contribution in [0.2, 0.25) is 0 Å². The van der Waals surface area contributed by atoms with Crippen LogP contribution in [-0.4, -0.2) is 64.8 Å². The van der Waals surface area contributed by atoms with Crippen molar-refractivity contribution in [3.63, 3.8) is 0 Å². The highest BCUT2D eigenvalue weighted by atomic mass is 16.6. The van der Waals surface area contributed by atoms with Crippen molar-refractivity contribution >= 4 is 23.4 Å². The number of nitrogens with zero attached hydrogens (tertiary/aromatic N) is 4. The lowest BCUT2D eigenvalue weighted by atomic mass is 9.97. The molecule has 33 heavy (non-hydrogen) atoms. The van der Waals surface area contributed by atoms with Gasteiger partial charge in [-0.3, -0.25) is 14.9 Å². The van der Waals surface area contributed by atoms with Crippen LogP contribution in [0.5, 0.6) is 11.6 Å². The minimum Gasteiger partial charge on any atom is -0.466 e. The Morgan fingerprint density at radius 2 is 1.88 bits per heavy atom. The molecule has 2 aromatic rings. The van der Waals surface area contributed by atoms with E-state index < -0.39 is 16.6 Å². The van der Waals surface area contributed by atoms with E-state index in [-0.39, 0.29) is 48.1 Å². The largest absolute Gasteiger partial charge is 0.466 e. The van der Waals surface area contributed by atoms with Gasteiger partial charge in [0.2, 0.25) is 5.82 Å². The molecule has 0 saturated carbocycles. The molecule has 1 saturated heterocycles. The fourth-order valence-electron chi connectivity index (χ4n) is 3.40. The summed E-state index contributed by atoms with van der Waals surface area (Å²) in [6.45, 7) is 2.44. The molecule has 176 valence electrons. The maximum Gasteiger partial charge on any atom is 0.373 e. The molecule has 0 atom stereocenters. The molecule has 0 aliphatic carbocycles. The first-order valence-corrected chi connectivity index (χ1v) is 10.4. The van der Waals surface area contributed by atoms with Crippen LogP contribution in [0.25, 0.3) is 0 Å². The van der Waals surface area contributed by atoms with Crippen LogP contribution in [0.15, 0.2) is 30.6 Å². The molecular formula is C21H24N4O8. The summed E-state index contributed by atoms with van der Waals surface area (Å²) in [5, 5.41) is 20.6. The zero-order chi connectivity index (χ0) is 23.8. The number of anilines is 1. The van der Waals surface area contributed by atoms with Crippen LogP contribution >= 0.6 is 0 Å². The average molecular weight is 460 g/mol. The zero-order valence-corrected chi connectivity index (χ0v) is 18.0. The molecule has 0 radical (unpaired) electrons. The molecule has 1 aromatic carbocycles. The second kappa shape index (κ2) is 11.2. The number of aliphatic hydroxyl groups excluding tert-OH is 1. The van der Waals surface area contributed by atoms with E-state index in [1.807, 2.05) is 0 Å². The molecule has 1 aliphatic heterocycles. The summed E-state index contributed by atoms with van der Waals surface area (Å²) in [7, 11) is 0. The number of aliphatic hydroxyl groups is 1. The maximum atomic E-state index is 12.0. The standard InChI is InChI=1S/C21H24N4O8/c1-2-31-20(27)15-7-9-24(10-8-15)18-17(25(29)30)19(23-13-22-18)33-16-5-3-14(4-6-16)21(28)32-12-11-26/h3-6,13,15,26H,2,7-12H2,1H3. The van der Waals surface area contributed by atoms with Crippen molar-refractivity contribution in [2.75, 3.05) is 37.8 Å². The summed E-state index contributed by atoms with van der Waals surface area (Å²) in [4.78, 5) is 44.7. The smallest absolute Gasteiger partial charge is 0.373 e. The Balaban J connectivity index is 1.75. The van der Waals surface area contributed by atoms with Crippen molar-refractivity contribution in [3.8, 4) is 11.6 Å². The number of hydrogen-bond donors (Lipinski definition) is 1. The number of nitro groups is 1.